The Hall–Kier alpha value is -1.93. The highest BCUT2D eigenvalue weighted by molar-refractivity contribution is 6.33. The number of aliphatic hydroxyl groups excluding tert-OH is 1. The Morgan fingerprint density at radius 1 is 1.72 bits per heavy atom. The maximum atomic E-state index is 11.3. The predicted molar refractivity (Wildman–Crippen MR) is 64.5 cm³/mol. The first kappa shape index (κ1) is 14.1. The molecule has 9 heteroatoms. The van der Waals surface area contributed by atoms with E-state index in [1.54, 1.807) is 0 Å². The van der Waals surface area contributed by atoms with E-state index in [1.807, 2.05) is 0 Å². The molecule has 1 heterocycles. The van der Waals surface area contributed by atoms with Crippen LogP contribution in [-0.4, -0.2) is 40.6 Å². The van der Waals surface area contributed by atoms with Gasteiger partial charge in [0.1, 0.15) is 18.1 Å². The van der Waals surface area contributed by atoms with Crippen LogP contribution in [0, 0.1) is 10.1 Å². The van der Waals surface area contributed by atoms with Crippen molar-refractivity contribution >= 4 is 29.0 Å². The summed E-state index contributed by atoms with van der Waals surface area (Å²) in [7, 11) is 1.41. The third kappa shape index (κ3) is 3.28. The minimum Gasteiger partial charge on any atom is -0.394 e. The molecule has 0 bridgehead atoms. The summed E-state index contributed by atoms with van der Waals surface area (Å²) in [4.78, 5) is 24.9. The van der Waals surface area contributed by atoms with Crippen molar-refractivity contribution in [2.24, 2.45) is 0 Å². The lowest BCUT2D eigenvalue weighted by atomic mass is 10.3. The fraction of sp³-hybridized carbons (Fsp3) is 0.333. The fourth-order valence-electron chi connectivity index (χ4n) is 1.17. The molecule has 0 aliphatic rings. The van der Waals surface area contributed by atoms with Crippen molar-refractivity contribution in [3.63, 3.8) is 0 Å². The van der Waals surface area contributed by atoms with Gasteiger partial charge >= 0.3 is 0 Å². The van der Waals surface area contributed by atoms with Crippen LogP contribution in [-0.2, 0) is 4.79 Å². The first-order valence-electron chi connectivity index (χ1n) is 4.88. The van der Waals surface area contributed by atoms with E-state index < -0.39 is 23.5 Å². The molecule has 0 saturated heterocycles. The molecule has 1 aromatic heterocycles. The molecule has 0 saturated carbocycles. The van der Waals surface area contributed by atoms with Crippen molar-refractivity contribution in [1.82, 2.24) is 10.3 Å². The second-order valence-electron chi connectivity index (χ2n) is 3.27. The predicted octanol–water partition coefficient (Wildman–Crippen LogP) is 0.162. The molecule has 0 aromatic carbocycles. The number of aliphatic hydroxyl groups is 1. The summed E-state index contributed by atoms with van der Waals surface area (Å²) in [5.41, 5.74) is -0.258. The minimum atomic E-state index is -0.929. The molecule has 1 aromatic rings. The quantitative estimate of drug-likeness (QED) is 0.520. The first-order valence-corrected chi connectivity index (χ1v) is 5.26. The van der Waals surface area contributed by atoms with Crippen LogP contribution in [0.1, 0.15) is 0 Å². The zero-order valence-electron chi connectivity index (χ0n) is 9.38. The lowest BCUT2D eigenvalue weighted by Crippen LogP contribution is -2.40. The number of hydrogen-bond donors (Lipinski definition) is 3. The number of likely N-dealkylation sites (N-methyl/N-ethyl adjacent to an activating group) is 1. The SMILES string of the molecule is CNC(=O)[C@H](CO)Nc1ncc([N+](=O)[O-])cc1Cl. The standard InChI is InChI=1S/C9H11ClN4O4/c1-11-9(16)7(4-15)13-8-6(10)2-5(3-12-8)14(17)18/h2-3,7,15H,4H2,1H3,(H,11,16)(H,12,13)/t7-/m0/s1. The van der Waals surface area contributed by atoms with Crippen LogP contribution in [0.25, 0.3) is 0 Å². The van der Waals surface area contributed by atoms with Gasteiger partial charge in [-0.2, -0.15) is 0 Å². The average Bonchev–Trinajstić information content (AvgIpc) is 2.36. The molecule has 1 atom stereocenters. The number of nitrogens with zero attached hydrogens (tertiary/aromatic N) is 2. The molecule has 0 unspecified atom stereocenters. The lowest BCUT2D eigenvalue weighted by Gasteiger charge is -2.15. The summed E-state index contributed by atoms with van der Waals surface area (Å²) in [5, 5.41) is 24.4. The van der Waals surface area contributed by atoms with Crippen molar-refractivity contribution in [2.45, 2.75) is 6.04 Å². The fourth-order valence-corrected chi connectivity index (χ4v) is 1.38. The van der Waals surface area contributed by atoms with Gasteiger partial charge < -0.3 is 15.7 Å². The molecule has 8 nitrogen and oxygen atoms in total. The van der Waals surface area contributed by atoms with E-state index in [1.165, 1.54) is 7.05 Å². The zero-order chi connectivity index (χ0) is 13.7. The highest BCUT2D eigenvalue weighted by atomic mass is 35.5. The molecule has 1 amide bonds. The maximum Gasteiger partial charge on any atom is 0.289 e. The molecule has 1 rings (SSSR count). The summed E-state index contributed by atoms with van der Waals surface area (Å²) in [5.74, 6) is -0.362. The second-order valence-corrected chi connectivity index (χ2v) is 3.68. The number of nitrogens with one attached hydrogen (secondary N) is 2. The third-order valence-corrected chi connectivity index (χ3v) is 2.38. The van der Waals surface area contributed by atoms with Crippen LogP contribution >= 0.6 is 11.6 Å². The average molecular weight is 275 g/mol. The molecule has 0 aliphatic carbocycles. The zero-order valence-corrected chi connectivity index (χ0v) is 10.1. The van der Waals surface area contributed by atoms with E-state index in [0.717, 1.165) is 12.3 Å². The highest BCUT2D eigenvalue weighted by Crippen LogP contribution is 2.24. The number of aromatic nitrogens is 1. The Morgan fingerprint density at radius 2 is 2.39 bits per heavy atom. The van der Waals surface area contributed by atoms with Crippen LogP contribution in [0.2, 0.25) is 5.02 Å². The Balaban J connectivity index is 2.90. The van der Waals surface area contributed by atoms with Crippen LogP contribution < -0.4 is 10.6 Å². The number of pyridine rings is 1. The molecule has 18 heavy (non-hydrogen) atoms. The number of anilines is 1. The van der Waals surface area contributed by atoms with E-state index in [9.17, 15) is 14.9 Å². The third-order valence-electron chi connectivity index (χ3n) is 2.09. The van der Waals surface area contributed by atoms with Crippen LogP contribution in [0.5, 0.6) is 0 Å². The van der Waals surface area contributed by atoms with E-state index >= 15 is 0 Å². The van der Waals surface area contributed by atoms with Crippen molar-refractivity contribution in [1.29, 1.82) is 0 Å². The van der Waals surface area contributed by atoms with Gasteiger partial charge in [-0.25, -0.2) is 4.98 Å². The van der Waals surface area contributed by atoms with Gasteiger partial charge in [-0.15, -0.1) is 0 Å². The topological polar surface area (TPSA) is 117 Å². The van der Waals surface area contributed by atoms with Gasteiger partial charge in [0.05, 0.1) is 16.6 Å². The lowest BCUT2D eigenvalue weighted by molar-refractivity contribution is -0.385. The monoisotopic (exact) mass is 274 g/mol. The van der Waals surface area contributed by atoms with Gasteiger partial charge in [0, 0.05) is 13.1 Å². The number of hydrogen-bond acceptors (Lipinski definition) is 6. The molecule has 0 aliphatic heterocycles. The summed E-state index contributed by atoms with van der Waals surface area (Å²) in [6.45, 7) is -0.464. The number of amides is 1. The molecule has 98 valence electrons. The normalized spacial score (nSPS) is 11.7. The number of carbonyl (C=O) groups excluding carboxylic acids is 1. The summed E-state index contributed by atoms with van der Waals surface area (Å²) in [6.07, 6.45) is 1.01. The maximum absolute atomic E-state index is 11.3. The number of nitro groups is 1. The number of rotatable bonds is 5. The number of halogens is 1. The Kier molecular flexibility index (Phi) is 4.81. The van der Waals surface area contributed by atoms with Crippen molar-refractivity contribution in [2.75, 3.05) is 19.0 Å². The Morgan fingerprint density at radius 3 is 2.83 bits per heavy atom. The summed E-state index contributed by atoms with van der Waals surface area (Å²) in [6, 6.07) is 0.177. The molecule has 0 spiro atoms. The second kappa shape index (κ2) is 6.12. The van der Waals surface area contributed by atoms with Crippen molar-refractivity contribution < 1.29 is 14.8 Å². The summed E-state index contributed by atoms with van der Waals surface area (Å²) >= 11 is 5.78. The molecular weight excluding hydrogens is 264 g/mol. The van der Waals surface area contributed by atoms with E-state index in [0.29, 0.717) is 0 Å². The Bertz CT molecular complexity index is 468. The molecule has 3 N–H and O–H groups in total. The summed E-state index contributed by atoms with van der Waals surface area (Å²) < 4.78 is 0. The van der Waals surface area contributed by atoms with E-state index in [4.69, 9.17) is 16.7 Å². The largest absolute Gasteiger partial charge is 0.394 e. The molecule has 0 fully saturated rings. The van der Waals surface area contributed by atoms with E-state index in [-0.39, 0.29) is 16.5 Å². The van der Waals surface area contributed by atoms with Gasteiger partial charge in [-0.05, 0) is 0 Å². The van der Waals surface area contributed by atoms with Crippen molar-refractivity contribution in [3.8, 4) is 0 Å². The van der Waals surface area contributed by atoms with Gasteiger partial charge in [0.25, 0.3) is 5.69 Å². The van der Waals surface area contributed by atoms with Crippen LogP contribution in [0.3, 0.4) is 0 Å². The Labute approximate surface area is 107 Å². The van der Waals surface area contributed by atoms with Gasteiger partial charge in [-0.3, -0.25) is 14.9 Å². The molecule has 0 radical (unpaired) electrons. The van der Waals surface area contributed by atoms with Crippen LogP contribution in [0.15, 0.2) is 12.3 Å². The van der Waals surface area contributed by atoms with Crippen LogP contribution in [0.4, 0.5) is 11.5 Å². The van der Waals surface area contributed by atoms with Crippen molar-refractivity contribution in [3.05, 3.63) is 27.4 Å². The minimum absolute atomic E-state index is 0.00782. The molecular formula is C9H11ClN4O4. The van der Waals surface area contributed by atoms with Gasteiger partial charge in [0.2, 0.25) is 5.91 Å². The first-order chi connectivity index (χ1) is 8.49. The van der Waals surface area contributed by atoms with Gasteiger partial charge in [0.15, 0.2) is 0 Å². The highest BCUT2D eigenvalue weighted by Gasteiger charge is 2.19. The number of carbonyl (C=O) groups is 1. The smallest absolute Gasteiger partial charge is 0.289 e. The van der Waals surface area contributed by atoms with E-state index in [2.05, 4.69) is 15.6 Å². The van der Waals surface area contributed by atoms with Gasteiger partial charge in [-0.1, -0.05) is 11.6 Å².